The number of oxime groups is 1. The molecule has 12 heteroatoms. The summed E-state index contributed by atoms with van der Waals surface area (Å²) in [6.45, 7) is -0.718. The molecule has 0 amide bonds. The molecule has 0 aliphatic carbocycles. The topological polar surface area (TPSA) is 73.0 Å². The van der Waals surface area contributed by atoms with Crippen molar-refractivity contribution in [2.24, 2.45) is 5.16 Å². The molecule has 0 aliphatic rings. The molecule has 0 bridgehead atoms. The van der Waals surface area contributed by atoms with Gasteiger partial charge in [0, 0.05) is 29.2 Å². The Morgan fingerprint density at radius 1 is 0.897 bits per heavy atom. The Morgan fingerprint density at radius 3 is 2.18 bits per heavy atom. The van der Waals surface area contributed by atoms with Gasteiger partial charge >= 0.3 is 18.3 Å². The molecule has 1 heterocycles. The fraction of sp³-hybridized carbons (Fsp3) is 0.185. The number of hydrogen-bond donors (Lipinski definition) is 1. The average Bonchev–Trinajstić information content (AvgIpc) is 3.21. The van der Waals surface area contributed by atoms with Gasteiger partial charge in [-0.2, -0.15) is 26.3 Å². The Morgan fingerprint density at radius 2 is 1.56 bits per heavy atom. The van der Waals surface area contributed by atoms with Gasteiger partial charge in [-0.1, -0.05) is 35.5 Å². The third-order valence-corrected chi connectivity index (χ3v) is 5.59. The summed E-state index contributed by atoms with van der Waals surface area (Å²) in [5.41, 5.74) is -0.916. The molecule has 1 N–H and O–H groups in total. The first-order chi connectivity index (χ1) is 18.4. The largest absolute Gasteiger partial charge is 0.489 e. The van der Waals surface area contributed by atoms with Crippen LogP contribution in [0.1, 0.15) is 27.8 Å². The van der Waals surface area contributed by atoms with Crippen molar-refractivity contribution < 1.29 is 45.8 Å². The van der Waals surface area contributed by atoms with Gasteiger partial charge in [-0.05, 0) is 47.5 Å². The molecular formula is C27H20F6N2O4. The van der Waals surface area contributed by atoms with Gasteiger partial charge in [0.25, 0.3) is 0 Å². The highest BCUT2D eigenvalue weighted by atomic mass is 19.4. The first-order valence-corrected chi connectivity index (χ1v) is 11.4. The predicted molar refractivity (Wildman–Crippen MR) is 129 cm³/mol. The van der Waals surface area contributed by atoms with Crippen LogP contribution in [0.3, 0.4) is 0 Å². The molecule has 0 spiro atoms. The fourth-order valence-electron chi connectivity index (χ4n) is 3.86. The third-order valence-electron chi connectivity index (χ3n) is 5.59. The van der Waals surface area contributed by atoms with Gasteiger partial charge in [0.05, 0.1) is 17.3 Å². The van der Waals surface area contributed by atoms with E-state index in [9.17, 15) is 31.1 Å². The van der Waals surface area contributed by atoms with Crippen LogP contribution in [0.15, 0.2) is 78.1 Å². The molecule has 0 fully saturated rings. The Hall–Kier alpha value is -4.48. The minimum atomic E-state index is -4.96. The van der Waals surface area contributed by atoms with Crippen LogP contribution in [0.4, 0.5) is 26.3 Å². The number of halogens is 6. The van der Waals surface area contributed by atoms with Crippen molar-refractivity contribution in [1.29, 1.82) is 0 Å². The predicted octanol–water partition coefficient (Wildman–Crippen LogP) is 6.74. The second-order valence-corrected chi connectivity index (χ2v) is 8.48. The summed E-state index contributed by atoms with van der Waals surface area (Å²) < 4.78 is 86.6. The molecule has 3 aromatic carbocycles. The summed E-state index contributed by atoms with van der Waals surface area (Å²) in [6, 6.07) is 15.6. The Balaban J connectivity index is 1.64. The number of benzene rings is 3. The maximum Gasteiger partial charge on any atom is 0.416 e. The average molecular weight is 550 g/mol. The van der Waals surface area contributed by atoms with E-state index in [1.807, 2.05) is 34.9 Å². The molecule has 0 saturated heterocycles. The molecule has 0 radical (unpaired) electrons. The number of carboxylic acid groups (broad SMARTS) is 1. The van der Waals surface area contributed by atoms with Crippen molar-refractivity contribution in [1.82, 2.24) is 4.57 Å². The lowest BCUT2D eigenvalue weighted by molar-refractivity contribution is -0.144. The van der Waals surface area contributed by atoms with E-state index in [0.29, 0.717) is 29.6 Å². The quantitative estimate of drug-likeness (QED) is 0.142. The highest BCUT2D eigenvalue weighted by Crippen LogP contribution is 2.36. The number of nitrogens with zero attached hydrogens (tertiary/aromatic N) is 2. The van der Waals surface area contributed by atoms with Crippen LogP contribution in [0.5, 0.6) is 5.75 Å². The molecule has 39 heavy (non-hydrogen) atoms. The molecule has 6 nitrogen and oxygen atoms in total. The molecule has 0 unspecified atom stereocenters. The van der Waals surface area contributed by atoms with Crippen molar-refractivity contribution in [2.45, 2.75) is 25.5 Å². The number of rotatable bonds is 9. The lowest BCUT2D eigenvalue weighted by atomic mass is 10.1. The van der Waals surface area contributed by atoms with Crippen LogP contribution in [0.2, 0.25) is 0 Å². The minimum Gasteiger partial charge on any atom is -0.489 e. The van der Waals surface area contributed by atoms with Crippen LogP contribution < -0.4 is 4.74 Å². The number of fused-ring (bicyclic) bond motifs is 1. The number of ether oxygens (including phenoxy) is 1. The maximum absolute atomic E-state index is 13.2. The van der Waals surface area contributed by atoms with Crippen molar-refractivity contribution >= 4 is 23.1 Å². The molecular weight excluding hydrogens is 530 g/mol. The number of aromatic nitrogens is 1. The second kappa shape index (κ2) is 11.1. The second-order valence-electron chi connectivity index (χ2n) is 8.48. The molecule has 4 aromatic rings. The lowest BCUT2D eigenvalue weighted by Gasteiger charge is -2.15. The van der Waals surface area contributed by atoms with E-state index in [1.165, 1.54) is 6.21 Å². The van der Waals surface area contributed by atoms with Crippen molar-refractivity contribution in [2.75, 3.05) is 6.61 Å². The van der Waals surface area contributed by atoms with E-state index in [4.69, 9.17) is 14.7 Å². The normalized spacial score (nSPS) is 12.3. The standard InChI is InChI=1S/C27H20F6N2O4/c28-26(29,30)20-8-18(9-21(10-20)27(31,32)33)15-38-22-6-7-24-23(11-22)19(12-34-39-16-25(36)37)14-35(24)13-17-4-2-1-3-5-17/h1-12,14H,13,15-16H2,(H,36,37)/b34-12+. The lowest BCUT2D eigenvalue weighted by Crippen LogP contribution is -2.12. The van der Waals surface area contributed by atoms with E-state index in [2.05, 4.69) is 5.16 Å². The summed E-state index contributed by atoms with van der Waals surface area (Å²) in [7, 11) is 0. The highest BCUT2D eigenvalue weighted by Gasteiger charge is 2.36. The number of carbonyl (C=O) groups is 1. The SMILES string of the molecule is O=C(O)CO/N=C/c1cn(Cc2ccccc2)c2ccc(OCc3cc(C(F)(F)F)cc(C(F)(F)F)c3)cc12. The zero-order valence-corrected chi connectivity index (χ0v) is 20.0. The number of carboxylic acids is 1. The molecule has 1 aromatic heterocycles. The summed E-state index contributed by atoms with van der Waals surface area (Å²) in [5.74, 6) is -1.02. The van der Waals surface area contributed by atoms with Gasteiger partial charge in [0.2, 0.25) is 6.61 Å². The third kappa shape index (κ3) is 7.09. The fourth-order valence-corrected chi connectivity index (χ4v) is 3.86. The van der Waals surface area contributed by atoms with E-state index in [-0.39, 0.29) is 17.4 Å². The smallest absolute Gasteiger partial charge is 0.416 e. The van der Waals surface area contributed by atoms with Crippen LogP contribution in [0, 0.1) is 0 Å². The Bertz CT molecular complexity index is 1460. The highest BCUT2D eigenvalue weighted by molar-refractivity contribution is 6.00. The van der Waals surface area contributed by atoms with Crippen molar-refractivity contribution in [3.05, 3.63) is 101 Å². The number of alkyl halides is 6. The van der Waals surface area contributed by atoms with Gasteiger partial charge in [-0.25, -0.2) is 4.79 Å². The van der Waals surface area contributed by atoms with Gasteiger partial charge in [0.1, 0.15) is 12.4 Å². The van der Waals surface area contributed by atoms with Crippen LogP contribution in [0.25, 0.3) is 10.9 Å². The van der Waals surface area contributed by atoms with E-state index in [0.717, 1.165) is 11.1 Å². The molecule has 204 valence electrons. The Kier molecular flexibility index (Phi) is 7.84. The molecule has 0 aliphatic heterocycles. The zero-order chi connectivity index (χ0) is 28.2. The maximum atomic E-state index is 13.2. The monoisotopic (exact) mass is 550 g/mol. The van der Waals surface area contributed by atoms with Gasteiger partial charge in [-0.3, -0.25) is 0 Å². The van der Waals surface area contributed by atoms with Crippen molar-refractivity contribution in [3.8, 4) is 5.75 Å². The Labute approximate surface area is 217 Å². The zero-order valence-electron chi connectivity index (χ0n) is 20.0. The summed E-state index contributed by atoms with van der Waals surface area (Å²) >= 11 is 0. The van der Waals surface area contributed by atoms with Gasteiger partial charge in [-0.15, -0.1) is 0 Å². The first-order valence-electron chi connectivity index (χ1n) is 11.4. The van der Waals surface area contributed by atoms with Crippen LogP contribution >= 0.6 is 0 Å². The summed E-state index contributed by atoms with van der Waals surface area (Å²) in [4.78, 5) is 15.4. The molecule has 0 atom stereocenters. The van der Waals surface area contributed by atoms with Crippen LogP contribution in [-0.4, -0.2) is 28.5 Å². The minimum absolute atomic E-state index is 0.0586. The van der Waals surface area contributed by atoms with Gasteiger partial charge < -0.3 is 19.2 Å². The molecule has 0 saturated carbocycles. The van der Waals surface area contributed by atoms with E-state index < -0.39 is 42.7 Å². The van der Waals surface area contributed by atoms with E-state index >= 15 is 0 Å². The molecule has 4 rings (SSSR count). The first kappa shape index (κ1) is 27.6. The van der Waals surface area contributed by atoms with Crippen LogP contribution in [-0.2, 0) is 35.1 Å². The van der Waals surface area contributed by atoms with Crippen molar-refractivity contribution in [3.63, 3.8) is 0 Å². The number of aliphatic carboxylic acids is 1. The summed E-state index contributed by atoms with van der Waals surface area (Å²) in [5, 5.41) is 13.0. The van der Waals surface area contributed by atoms with E-state index in [1.54, 1.807) is 24.4 Å². The van der Waals surface area contributed by atoms with Gasteiger partial charge in [0.15, 0.2) is 0 Å². The summed E-state index contributed by atoms with van der Waals surface area (Å²) in [6.07, 6.45) is -6.88. The number of hydrogen-bond acceptors (Lipinski definition) is 4.